The van der Waals surface area contributed by atoms with E-state index in [1.54, 1.807) is 23.3 Å². The standard InChI is InChI=1S/C18H19BrN2O4S/c1-12(22)20-8-6-13-10-14(19)11-17(18(13)20)26(23,24)21-7-2-4-15(21)16-5-3-9-25-16/h3,5,9-11,15H,2,4,6-8H2,1H3/t15-/m1/s1. The number of rotatable bonds is 3. The Labute approximate surface area is 161 Å². The first-order valence-electron chi connectivity index (χ1n) is 8.55. The number of halogens is 1. The molecule has 0 unspecified atom stereocenters. The van der Waals surface area contributed by atoms with Gasteiger partial charge in [0.15, 0.2) is 0 Å². The quantitative estimate of drug-likeness (QED) is 0.735. The van der Waals surface area contributed by atoms with Crippen molar-refractivity contribution in [1.29, 1.82) is 0 Å². The van der Waals surface area contributed by atoms with Gasteiger partial charge in [0.25, 0.3) is 0 Å². The molecule has 1 aromatic carbocycles. The molecule has 6 nitrogen and oxygen atoms in total. The van der Waals surface area contributed by atoms with Crippen LogP contribution in [0.4, 0.5) is 5.69 Å². The van der Waals surface area contributed by atoms with Gasteiger partial charge in [0.05, 0.1) is 18.0 Å². The number of furan rings is 1. The first kappa shape index (κ1) is 17.8. The molecular formula is C18H19BrN2O4S. The molecule has 1 atom stereocenters. The van der Waals surface area contributed by atoms with E-state index in [1.807, 2.05) is 12.1 Å². The number of hydrogen-bond donors (Lipinski definition) is 0. The van der Waals surface area contributed by atoms with Gasteiger partial charge < -0.3 is 9.32 Å². The third kappa shape index (κ3) is 2.80. The minimum Gasteiger partial charge on any atom is -0.468 e. The lowest BCUT2D eigenvalue weighted by atomic mass is 10.2. The normalized spacial score (nSPS) is 20.5. The Kier molecular flexibility index (Phi) is 4.45. The second kappa shape index (κ2) is 6.51. The lowest BCUT2D eigenvalue weighted by molar-refractivity contribution is -0.116. The van der Waals surface area contributed by atoms with E-state index in [9.17, 15) is 13.2 Å². The number of benzene rings is 1. The molecule has 0 bridgehead atoms. The Morgan fingerprint density at radius 1 is 1.31 bits per heavy atom. The SMILES string of the molecule is CC(=O)N1CCc2cc(Br)cc(S(=O)(=O)N3CCC[C@@H]3c3ccco3)c21. The molecule has 0 aliphatic carbocycles. The maximum Gasteiger partial charge on any atom is 0.245 e. The van der Waals surface area contributed by atoms with E-state index >= 15 is 0 Å². The Morgan fingerprint density at radius 3 is 2.81 bits per heavy atom. The van der Waals surface area contributed by atoms with Gasteiger partial charge in [0.2, 0.25) is 15.9 Å². The van der Waals surface area contributed by atoms with Crippen LogP contribution >= 0.6 is 15.9 Å². The first-order chi connectivity index (χ1) is 12.4. The van der Waals surface area contributed by atoms with Crippen LogP contribution in [0.1, 0.15) is 37.1 Å². The summed E-state index contributed by atoms with van der Waals surface area (Å²) in [6.45, 7) is 2.41. The maximum absolute atomic E-state index is 13.5. The van der Waals surface area contributed by atoms with Crippen LogP contribution in [0.3, 0.4) is 0 Å². The van der Waals surface area contributed by atoms with Gasteiger partial charge in [-0.05, 0) is 49.1 Å². The van der Waals surface area contributed by atoms with E-state index in [0.717, 1.165) is 18.4 Å². The number of carbonyl (C=O) groups is 1. The van der Waals surface area contributed by atoms with E-state index in [0.29, 0.717) is 35.4 Å². The fourth-order valence-corrected chi connectivity index (χ4v) is 6.48. The van der Waals surface area contributed by atoms with Crippen LogP contribution in [0.15, 0.2) is 44.3 Å². The van der Waals surface area contributed by atoms with Gasteiger partial charge in [0, 0.05) is 24.5 Å². The van der Waals surface area contributed by atoms with E-state index < -0.39 is 10.0 Å². The van der Waals surface area contributed by atoms with Crippen molar-refractivity contribution in [3.8, 4) is 0 Å². The van der Waals surface area contributed by atoms with Crippen LogP contribution in [0, 0.1) is 0 Å². The third-order valence-corrected chi connectivity index (χ3v) is 7.41. The highest BCUT2D eigenvalue weighted by atomic mass is 79.9. The van der Waals surface area contributed by atoms with E-state index in [-0.39, 0.29) is 16.8 Å². The highest BCUT2D eigenvalue weighted by molar-refractivity contribution is 9.10. The average molecular weight is 439 g/mol. The van der Waals surface area contributed by atoms with Crippen LogP contribution < -0.4 is 4.90 Å². The Morgan fingerprint density at radius 2 is 2.12 bits per heavy atom. The van der Waals surface area contributed by atoms with Gasteiger partial charge in [-0.2, -0.15) is 4.31 Å². The molecule has 26 heavy (non-hydrogen) atoms. The molecule has 1 fully saturated rings. The summed E-state index contributed by atoms with van der Waals surface area (Å²) in [6, 6.07) is 6.77. The highest BCUT2D eigenvalue weighted by Crippen LogP contribution is 2.43. The Hall–Kier alpha value is -1.64. The number of amides is 1. The fraction of sp³-hybridized carbons (Fsp3) is 0.389. The van der Waals surface area contributed by atoms with Crippen molar-refractivity contribution in [3.05, 3.63) is 46.3 Å². The lowest BCUT2D eigenvalue weighted by Gasteiger charge is -2.26. The second-order valence-corrected chi connectivity index (χ2v) is 9.40. The Bertz CT molecular complexity index is 956. The van der Waals surface area contributed by atoms with Crippen LogP contribution in [0.25, 0.3) is 0 Å². The van der Waals surface area contributed by atoms with Gasteiger partial charge in [-0.15, -0.1) is 0 Å². The summed E-state index contributed by atoms with van der Waals surface area (Å²) in [5.41, 5.74) is 1.40. The number of fused-ring (bicyclic) bond motifs is 1. The molecular weight excluding hydrogens is 420 g/mol. The first-order valence-corrected chi connectivity index (χ1v) is 10.8. The van der Waals surface area contributed by atoms with Crippen molar-refractivity contribution in [2.45, 2.75) is 37.1 Å². The number of carbonyl (C=O) groups excluding carboxylic acids is 1. The smallest absolute Gasteiger partial charge is 0.245 e. The van der Waals surface area contributed by atoms with Gasteiger partial charge >= 0.3 is 0 Å². The zero-order valence-corrected chi connectivity index (χ0v) is 16.7. The molecule has 1 aromatic heterocycles. The van der Waals surface area contributed by atoms with Crippen LogP contribution in [-0.2, 0) is 21.2 Å². The summed E-state index contributed by atoms with van der Waals surface area (Å²) in [7, 11) is -3.78. The summed E-state index contributed by atoms with van der Waals surface area (Å²) in [4.78, 5) is 13.8. The molecule has 4 rings (SSSR count). The second-order valence-electron chi connectivity index (χ2n) is 6.62. The molecule has 2 aliphatic heterocycles. The summed E-state index contributed by atoms with van der Waals surface area (Å²) in [5, 5.41) is 0. The molecule has 1 saturated heterocycles. The van der Waals surface area contributed by atoms with Crippen molar-refractivity contribution >= 4 is 37.5 Å². The predicted octanol–water partition coefficient (Wildman–Crippen LogP) is 3.48. The molecule has 138 valence electrons. The van der Waals surface area contributed by atoms with E-state index in [1.165, 1.54) is 11.2 Å². The number of nitrogens with zero attached hydrogens (tertiary/aromatic N) is 2. The Balaban J connectivity index is 1.83. The topological polar surface area (TPSA) is 70.8 Å². The average Bonchev–Trinajstić information content (AvgIpc) is 3.32. The molecule has 2 aromatic rings. The molecule has 1 amide bonds. The third-order valence-electron chi connectivity index (χ3n) is 5.04. The van der Waals surface area contributed by atoms with Gasteiger partial charge in [-0.3, -0.25) is 4.79 Å². The largest absolute Gasteiger partial charge is 0.468 e. The predicted molar refractivity (Wildman–Crippen MR) is 100 cm³/mol. The summed E-state index contributed by atoms with van der Waals surface area (Å²) in [5.74, 6) is 0.507. The van der Waals surface area contributed by atoms with Crippen molar-refractivity contribution in [1.82, 2.24) is 4.31 Å². The highest BCUT2D eigenvalue weighted by Gasteiger charge is 2.41. The van der Waals surface area contributed by atoms with Crippen LogP contribution in [0.5, 0.6) is 0 Å². The summed E-state index contributed by atoms with van der Waals surface area (Å²) < 4.78 is 34.8. The van der Waals surface area contributed by atoms with E-state index in [4.69, 9.17) is 4.42 Å². The molecule has 0 radical (unpaired) electrons. The molecule has 8 heteroatoms. The monoisotopic (exact) mass is 438 g/mol. The zero-order chi connectivity index (χ0) is 18.5. The van der Waals surface area contributed by atoms with Crippen LogP contribution in [0.2, 0.25) is 0 Å². The van der Waals surface area contributed by atoms with Gasteiger partial charge in [-0.25, -0.2) is 8.42 Å². The zero-order valence-electron chi connectivity index (χ0n) is 14.3. The summed E-state index contributed by atoms with van der Waals surface area (Å²) >= 11 is 3.42. The molecule has 0 saturated carbocycles. The lowest BCUT2D eigenvalue weighted by Crippen LogP contribution is -2.33. The molecule has 3 heterocycles. The fourth-order valence-electron chi connectivity index (χ4n) is 3.90. The number of anilines is 1. The summed E-state index contributed by atoms with van der Waals surface area (Å²) in [6.07, 6.45) is 3.71. The minimum absolute atomic E-state index is 0.147. The molecule has 0 spiro atoms. The van der Waals surface area contributed by atoms with Crippen molar-refractivity contribution < 1.29 is 17.6 Å². The maximum atomic E-state index is 13.5. The van der Waals surface area contributed by atoms with Crippen molar-refractivity contribution in [2.24, 2.45) is 0 Å². The molecule has 0 N–H and O–H groups in total. The number of hydrogen-bond acceptors (Lipinski definition) is 4. The van der Waals surface area contributed by atoms with Crippen molar-refractivity contribution in [2.75, 3.05) is 18.0 Å². The minimum atomic E-state index is -3.78. The molecule has 2 aliphatic rings. The van der Waals surface area contributed by atoms with Crippen molar-refractivity contribution in [3.63, 3.8) is 0 Å². The van der Waals surface area contributed by atoms with Crippen LogP contribution in [-0.4, -0.2) is 31.7 Å². The number of sulfonamides is 1. The van der Waals surface area contributed by atoms with Gasteiger partial charge in [-0.1, -0.05) is 15.9 Å². The van der Waals surface area contributed by atoms with Gasteiger partial charge in [0.1, 0.15) is 10.7 Å². The van der Waals surface area contributed by atoms with E-state index in [2.05, 4.69) is 15.9 Å².